The maximum atomic E-state index is 12.6. The van der Waals surface area contributed by atoms with Gasteiger partial charge in [0.25, 0.3) is 5.91 Å². The van der Waals surface area contributed by atoms with Crippen molar-refractivity contribution >= 4 is 57.8 Å². The number of aromatic nitrogens is 2. The Labute approximate surface area is 177 Å². The van der Waals surface area contributed by atoms with Crippen molar-refractivity contribution < 1.29 is 9.59 Å². The molecule has 1 aromatic carbocycles. The van der Waals surface area contributed by atoms with Crippen LogP contribution in [0.2, 0.25) is 5.02 Å². The Kier molecular flexibility index (Phi) is 7.24. The van der Waals surface area contributed by atoms with Crippen molar-refractivity contribution in [3.8, 4) is 0 Å². The van der Waals surface area contributed by atoms with Crippen LogP contribution in [0.25, 0.3) is 6.08 Å². The molecule has 146 valence electrons. The van der Waals surface area contributed by atoms with Crippen LogP contribution in [0.15, 0.2) is 41.7 Å². The average Bonchev–Trinajstić information content (AvgIpc) is 3.27. The molecular weight excluding hydrogens is 416 g/mol. The van der Waals surface area contributed by atoms with Crippen molar-refractivity contribution in [2.24, 2.45) is 0 Å². The predicted octanol–water partition coefficient (Wildman–Crippen LogP) is 3.40. The summed E-state index contributed by atoms with van der Waals surface area (Å²) in [6, 6.07) is 7.33. The van der Waals surface area contributed by atoms with E-state index in [0.29, 0.717) is 46.6 Å². The molecule has 0 saturated carbocycles. The maximum Gasteiger partial charge on any atom is 0.266 e. The summed E-state index contributed by atoms with van der Waals surface area (Å²) in [7, 11) is 0. The second-order valence-electron chi connectivity index (χ2n) is 6.14. The van der Waals surface area contributed by atoms with Gasteiger partial charge in [0.1, 0.15) is 4.32 Å². The second-order valence-corrected chi connectivity index (χ2v) is 8.22. The third kappa shape index (κ3) is 5.43. The minimum Gasteiger partial charge on any atom is -0.356 e. The number of hydrogen-bond donors (Lipinski definition) is 2. The van der Waals surface area contributed by atoms with Gasteiger partial charge in [0.2, 0.25) is 5.91 Å². The number of H-pyrrole nitrogens is 1. The topological polar surface area (TPSA) is 78.1 Å². The van der Waals surface area contributed by atoms with Crippen LogP contribution in [0, 0.1) is 0 Å². The fourth-order valence-electron chi connectivity index (χ4n) is 2.67. The van der Waals surface area contributed by atoms with Crippen molar-refractivity contribution in [3.05, 3.63) is 58.0 Å². The molecular formula is C19H19ClN4O2S2. The molecule has 0 radical (unpaired) electrons. The SMILES string of the molecule is O=C(CCCN1C(=O)C(=Cc2ccccc2Cl)SC1=S)NCCc1cnc[nH]1. The van der Waals surface area contributed by atoms with Crippen LogP contribution in [0.1, 0.15) is 24.1 Å². The van der Waals surface area contributed by atoms with E-state index in [1.165, 1.54) is 11.8 Å². The molecule has 0 aliphatic carbocycles. The molecule has 0 bridgehead atoms. The number of benzene rings is 1. The molecule has 6 nitrogen and oxygen atoms in total. The molecule has 2 heterocycles. The fraction of sp³-hybridized carbons (Fsp3) is 0.263. The third-order valence-corrected chi connectivity index (χ3v) is 5.84. The number of rotatable bonds is 8. The van der Waals surface area contributed by atoms with E-state index in [1.54, 1.807) is 29.6 Å². The normalized spacial score (nSPS) is 15.5. The largest absolute Gasteiger partial charge is 0.356 e. The Balaban J connectivity index is 1.45. The summed E-state index contributed by atoms with van der Waals surface area (Å²) in [4.78, 5) is 33.6. The van der Waals surface area contributed by atoms with E-state index in [1.807, 2.05) is 18.2 Å². The summed E-state index contributed by atoms with van der Waals surface area (Å²) in [6.45, 7) is 0.959. The molecule has 1 aliphatic heterocycles. The van der Waals surface area contributed by atoms with E-state index in [4.69, 9.17) is 23.8 Å². The van der Waals surface area contributed by atoms with Gasteiger partial charge < -0.3 is 10.3 Å². The van der Waals surface area contributed by atoms with E-state index in [0.717, 1.165) is 11.3 Å². The van der Waals surface area contributed by atoms with Gasteiger partial charge in [-0.2, -0.15) is 0 Å². The van der Waals surface area contributed by atoms with Gasteiger partial charge in [0, 0.05) is 42.8 Å². The third-order valence-electron chi connectivity index (χ3n) is 4.12. The lowest BCUT2D eigenvalue weighted by Crippen LogP contribution is -2.31. The number of carbonyl (C=O) groups excluding carboxylic acids is 2. The number of hydrogen-bond acceptors (Lipinski definition) is 5. The van der Waals surface area contributed by atoms with Crippen LogP contribution < -0.4 is 5.32 Å². The highest BCUT2D eigenvalue weighted by atomic mass is 35.5. The van der Waals surface area contributed by atoms with Crippen LogP contribution in [0.4, 0.5) is 0 Å². The van der Waals surface area contributed by atoms with E-state index in [9.17, 15) is 9.59 Å². The Morgan fingerprint density at radius 1 is 1.39 bits per heavy atom. The molecule has 3 rings (SSSR count). The van der Waals surface area contributed by atoms with Crippen LogP contribution >= 0.6 is 35.6 Å². The quantitative estimate of drug-likeness (QED) is 0.491. The first-order valence-corrected chi connectivity index (χ1v) is 10.4. The number of nitrogens with zero attached hydrogens (tertiary/aromatic N) is 2. The summed E-state index contributed by atoms with van der Waals surface area (Å²) in [5.41, 5.74) is 1.75. The smallest absolute Gasteiger partial charge is 0.266 e. The lowest BCUT2D eigenvalue weighted by molar-refractivity contribution is -0.123. The Bertz CT molecular complexity index is 899. The molecule has 1 aromatic heterocycles. The monoisotopic (exact) mass is 434 g/mol. The number of aromatic amines is 1. The zero-order chi connectivity index (χ0) is 19.9. The van der Waals surface area contributed by atoms with E-state index < -0.39 is 0 Å². The van der Waals surface area contributed by atoms with Crippen LogP contribution in [-0.2, 0) is 16.0 Å². The van der Waals surface area contributed by atoms with Crippen molar-refractivity contribution in [1.29, 1.82) is 0 Å². The van der Waals surface area contributed by atoms with Crippen molar-refractivity contribution in [2.75, 3.05) is 13.1 Å². The van der Waals surface area contributed by atoms with Crippen LogP contribution in [0.3, 0.4) is 0 Å². The minimum absolute atomic E-state index is 0.0448. The Morgan fingerprint density at radius 3 is 2.96 bits per heavy atom. The maximum absolute atomic E-state index is 12.6. The first kappa shape index (κ1) is 20.6. The number of halogens is 1. The molecule has 0 atom stereocenters. The van der Waals surface area contributed by atoms with Gasteiger partial charge in [0.05, 0.1) is 11.2 Å². The summed E-state index contributed by atoms with van der Waals surface area (Å²) in [5, 5.41) is 3.45. The highest BCUT2D eigenvalue weighted by Crippen LogP contribution is 2.33. The lowest BCUT2D eigenvalue weighted by atomic mass is 10.2. The van der Waals surface area contributed by atoms with Crippen molar-refractivity contribution in [1.82, 2.24) is 20.2 Å². The summed E-state index contributed by atoms with van der Waals surface area (Å²) in [5.74, 6) is -0.189. The lowest BCUT2D eigenvalue weighted by Gasteiger charge is -2.14. The number of nitrogens with one attached hydrogen (secondary N) is 2. The molecule has 0 spiro atoms. The number of thioether (sulfide) groups is 1. The van der Waals surface area contributed by atoms with Gasteiger partial charge in [-0.1, -0.05) is 53.8 Å². The van der Waals surface area contributed by atoms with Gasteiger partial charge in [-0.05, 0) is 24.1 Å². The summed E-state index contributed by atoms with van der Waals surface area (Å²) >= 11 is 12.7. The number of amides is 2. The highest BCUT2D eigenvalue weighted by molar-refractivity contribution is 8.26. The molecule has 9 heteroatoms. The molecule has 1 fully saturated rings. The fourth-order valence-corrected chi connectivity index (χ4v) is 4.16. The zero-order valence-corrected chi connectivity index (χ0v) is 17.4. The van der Waals surface area contributed by atoms with Crippen LogP contribution in [0.5, 0.6) is 0 Å². The molecule has 1 aliphatic rings. The first-order chi connectivity index (χ1) is 13.5. The highest BCUT2D eigenvalue weighted by Gasteiger charge is 2.31. The average molecular weight is 435 g/mol. The second kappa shape index (κ2) is 9.86. The van der Waals surface area contributed by atoms with Crippen molar-refractivity contribution in [2.45, 2.75) is 19.3 Å². The Morgan fingerprint density at radius 2 is 2.21 bits per heavy atom. The van der Waals surface area contributed by atoms with Crippen molar-refractivity contribution in [3.63, 3.8) is 0 Å². The van der Waals surface area contributed by atoms with Gasteiger partial charge >= 0.3 is 0 Å². The molecule has 2 N–H and O–H groups in total. The molecule has 1 saturated heterocycles. The molecule has 2 amide bonds. The molecule has 28 heavy (non-hydrogen) atoms. The predicted molar refractivity (Wildman–Crippen MR) is 116 cm³/mol. The standard InChI is InChI=1S/C19H19ClN4O2S2/c20-15-5-2-1-4-13(15)10-16-18(26)24(19(27)28-16)9-3-6-17(25)22-8-7-14-11-21-12-23-14/h1-2,4-5,10-12H,3,6-9H2,(H,21,23)(H,22,25). The first-order valence-electron chi connectivity index (χ1n) is 8.78. The van der Waals surface area contributed by atoms with E-state index in [2.05, 4.69) is 15.3 Å². The summed E-state index contributed by atoms with van der Waals surface area (Å²) in [6.07, 6.45) is 6.68. The van der Waals surface area contributed by atoms with Gasteiger partial charge in [-0.25, -0.2) is 4.98 Å². The van der Waals surface area contributed by atoms with E-state index in [-0.39, 0.29) is 11.8 Å². The minimum atomic E-state index is -0.144. The molecule has 2 aromatic rings. The number of thiocarbonyl (C=S) groups is 1. The zero-order valence-electron chi connectivity index (χ0n) is 15.0. The molecule has 0 unspecified atom stereocenters. The number of imidazole rings is 1. The van der Waals surface area contributed by atoms with Crippen LogP contribution in [-0.4, -0.2) is 44.1 Å². The van der Waals surface area contributed by atoms with E-state index >= 15 is 0 Å². The number of carbonyl (C=O) groups is 2. The van der Waals surface area contributed by atoms with Gasteiger partial charge in [0.15, 0.2) is 0 Å². The summed E-state index contributed by atoms with van der Waals surface area (Å²) < 4.78 is 0.503. The van der Waals surface area contributed by atoms with Gasteiger partial charge in [-0.3, -0.25) is 14.5 Å². The van der Waals surface area contributed by atoms with Gasteiger partial charge in [-0.15, -0.1) is 0 Å². The Hall–Kier alpha value is -2.16.